The molecule has 0 atom stereocenters. The molecule has 1 heterocycles. The Morgan fingerprint density at radius 2 is 2.33 bits per heavy atom. The number of hydrogen-bond acceptors (Lipinski definition) is 4. The maximum atomic E-state index is 5.63. The first-order valence-electron chi connectivity index (χ1n) is 3.71. The van der Waals surface area contributed by atoms with Gasteiger partial charge in [-0.05, 0) is 25.3 Å². The van der Waals surface area contributed by atoms with Crippen molar-refractivity contribution in [3.8, 4) is 5.88 Å². The SMILES string of the molecule is CCOc1nc(SC)ccc1N. The van der Waals surface area contributed by atoms with Gasteiger partial charge in [0.25, 0.3) is 0 Å². The van der Waals surface area contributed by atoms with Crippen LogP contribution in [0.5, 0.6) is 5.88 Å². The smallest absolute Gasteiger partial charge is 0.238 e. The van der Waals surface area contributed by atoms with Crippen LogP contribution in [0.4, 0.5) is 5.69 Å². The van der Waals surface area contributed by atoms with Gasteiger partial charge in [-0.3, -0.25) is 0 Å². The molecule has 0 unspecified atom stereocenters. The van der Waals surface area contributed by atoms with E-state index in [1.54, 1.807) is 11.8 Å². The molecule has 0 spiro atoms. The van der Waals surface area contributed by atoms with Crippen LogP contribution < -0.4 is 10.5 Å². The summed E-state index contributed by atoms with van der Waals surface area (Å²) < 4.78 is 5.23. The van der Waals surface area contributed by atoms with E-state index in [2.05, 4.69) is 4.98 Å². The summed E-state index contributed by atoms with van der Waals surface area (Å²) in [4.78, 5) is 4.20. The van der Waals surface area contributed by atoms with E-state index >= 15 is 0 Å². The largest absolute Gasteiger partial charge is 0.476 e. The molecule has 0 saturated carbocycles. The molecule has 2 N–H and O–H groups in total. The van der Waals surface area contributed by atoms with E-state index in [-0.39, 0.29) is 0 Å². The molecule has 3 nitrogen and oxygen atoms in total. The van der Waals surface area contributed by atoms with Crippen molar-refractivity contribution < 1.29 is 4.74 Å². The van der Waals surface area contributed by atoms with Crippen LogP contribution in [-0.2, 0) is 0 Å². The lowest BCUT2D eigenvalue weighted by atomic mass is 10.4. The van der Waals surface area contributed by atoms with Crippen molar-refractivity contribution in [2.75, 3.05) is 18.6 Å². The Morgan fingerprint density at radius 1 is 1.58 bits per heavy atom. The average molecular weight is 184 g/mol. The number of thioether (sulfide) groups is 1. The number of ether oxygens (including phenoxy) is 1. The van der Waals surface area contributed by atoms with E-state index in [9.17, 15) is 0 Å². The molecule has 0 saturated heterocycles. The zero-order chi connectivity index (χ0) is 8.97. The van der Waals surface area contributed by atoms with Crippen molar-refractivity contribution in [2.24, 2.45) is 0 Å². The highest BCUT2D eigenvalue weighted by atomic mass is 32.2. The zero-order valence-corrected chi connectivity index (χ0v) is 8.02. The van der Waals surface area contributed by atoms with E-state index in [1.807, 2.05) is 25.3 Å². The van der Waals surface area contributed by atoms with Gasteiger partial charge in [-0.2, -0.15) is 0 Å². The molecular weight excluding hydrogens is 172 g/mol. The second kappa shape index (κ2) is 4.21. The van der Waals surface area contributed by atoms with Gasteiger partial charge in [0.15, 0.2) is 0 Å². The number of anilines is 1. The molecule has 0 aliphatic carbocycles. The van der Waals surface area contributed by atoms with Gasteiger partial charge in [0.1, 0.15) is 0 Å². The average Bonchev–Trinajstić information content (AvgIpc) is 2.09. The molecule has 0 amide bonds. The summed E-state index contributed by atoms with van der Waals surface area (Å²) >= 11 is 1.57. The number of nitrogen functional groups attached to an aromatic ring is 1. The lowest BCUT2D eigenvalue weighted by Gasteiger charge is -2.05. The molecule has 4 heteroatoms. The summed E-state index contributed by atoms with van der Waals surface area (Å²) in [5.74, 6) is 0.532. The second-order valence-electron chi connectivity index (χ2n) is 2.18. The molecule has 12 heavy (non-hydrogen) atoms. The first kappa shape index (κ1) is 9.19. The Bertz CT molecular complexity index is 265. The van der Waals surface area contributed by atoms with Crippen LogP contribution in [0.3, 0.4) is 0 Å². The predicted octanol–water partition coefficient (Wildman–Crippen LogP) is 1.78. The van der Waals surface area contributed by atoms with Crippen LogP contribution in [0.2, 0.25) is 0 Å². The third-order valence-electron chi connectivity index (χ3n) is 1.35. The summed E-state index contributed by atoms with van der Waals surface area (Å²) in [5.41, 5.74) is 6.23. The number of rotatable bonds is 3. The topological polar surface area (TPSA) is 48.1 Å². The van der Waals surface area contributed by atoms with E-state index in [0.29, 0.717) is 18.2 Å². The van der Waals surface area contributed by atoms with Gasteiger partial charge >= 0.3 is 0 Å². The third kappa shape index (κ3) is 2.04. The molecule has 1 aromatic heterocycles. The van der Waals surface area contributed by atoms with Crippen LogP contribution in [-0.4, -0.2) is 17.8 Å². The molecular formula is C8H12N2OS. The van der Waals surface area contributed by atoms with Crippen molar-refractivity contribution in [1.82, 2.24) is 4.98 Å². The van der Waals surface area contributed by atoms with Gasteiger partial charge in [-0.25, -0.2) is 4.98 Å². The maximum absolute atomic E-state index is 5.63. The van der Waals surface area contributed by atoms with Crippen LogP contribution in [0.25, 0.3) is 0 Å². The highest BCUT2D eigenvalue weighted by Gasteiger charge is 2.01. The summed E-state index contributed by atoms with van der Waals surface area (Å²) in [7, 11) is 0. The van der Waals surface area contributed by atoms with Crippen LogP contribution >= 0.6 is 11.8 Å². The summed E-state index contributed by atoms with van der Waals surface area (Å²) in [6, 6.07) is 3.69. The van der Waals surface area contributed by atoms with Gasteiger partial charge in [0, 0.05) is 0 Å². The van der Waals surface area contributed by atoms with Gasteiger partial charge in [-0.15, -0.1) is 11.8 Å². The van der Waals surface area contributed by atoms with Crippen molar-refractivity contribution in [2.45, 2.75) is 11.9 Å². The first-order valence-corrected chi connectivity index (χ1v) is 4.93. The fraction of sp³-hybridized carbons (Fsp3) is 0.375. The first-order chi connectivity index (χ1) is 5.77. The molecule has 0 bridgehead atoms. The number of nitrogens with two attached hydrogens (primary N) is 1. The Labute approximate surface area is 76.3 Å². The number of aromatic nitrogens is 1. The number of hydrogen-bond donors (Lipinski definition) is 1. The minimum atomic E-state index is 0.532. The molecule has 0 aromatic carbocycles. The van der Waals surface area contributed by atoms with E-state index in [0.717, 1.165) is 5.03 Å². The van der Waals surface area contributed by atoms with Gasteiger partial charge in [0.2, 0.25) is 5.88 Å². The Morgan fingerprint density at radius 3 is 2.92 bits per heavy atom. The van der Waals surface area contributed by atoms with E-state index in [1.165, 1.54) is 0 Å². The van der Waals surface area contributed by atoms with E-state index < -0.39 is 0 Å². The number of pyridine rings is 1. The lowest BCUT2D eigenvalue weighted by Crippen LogP contribution is -1.99. The fourth-order valence-corrected chi connectivity index (χ4v) is 1.18. The van der Waals surface area contributed by atoms with Crippen LogP contribution in [0.15, 0.2) is 17.2 Å². The fourth-order valence-electron chi connectivity index (χ4n) is 0.800. The Balaban J connectivity index is 2.91. The lowest BCUT2D eigenvalue weighted by molar-refractivity contribution is 0.326. The molecule has 0 aliphatic rings. The van der Waals surface area contributed by atoms with Crippen molar-refractivity contribution in [3.05, 3.63) is 12.1 Å². The predicted molar refractivity (Wildman–Crippen MR) is 51.6 cm³/mol. The molecule has 1 aromatic rings. The third-order valence-corrected chi connectivity index (χ3v) is 2.00. The summed E-state index contributed by atoms with van der Waals surface area (Å²) in [6.07, 6.45) is 1.97. The number of nitrogens with zero attached hydrogens (tertiary/aromatic N) is 1. The normalized spacial score (nSPS) is 9.83. The molecule has 0 fully saturated rings. The summed E-state index contributed by atoms with van der Waals surface area (Å²) in [6.45, 7) is 2.50. The molecule has 0 radical (unpaired) electrons. The minimum absolute atomic E-state index is 0.532. The van der Waals surface area contributed by atoms with Crippen LogP contribution in [0, 0.1) is 0 Å². The quantitative estimate of drug-likeness (QED) is 0.727. The second-order valence-corrected chi connectivity index (χ2v) is 3.01. The van der Waals surface area contributed by atoms with E-state index in [4.69, 9.17) is 10.5 Å². The Kier molecular flexibility index (Phi) is 3.22. The monoisotopic (exact) mass is 184 g/mol. The van der Waals surface area contributed by atoms with Gasteiger partial charge in [-0.1, -0.05) is 0 Å². The zero-order valence-electron chi connectivity index (χ0n) is 7.20. The highest BCUT2D eigenvalue weighted by molar-refractivity contribution is 7.98. The maximum Gasteiger partial charge on any atom is 0.238 e. The molecule has 0 aliphatic heterocycles. The highest BCUT2D eigenvalue weighted by Crippen LogP contribution is 2.22. The van der Waals surface area contributed by atoms with Crippen molar-refractivity contribution in [1.29, 1.82) is 0 Å². The molecule has 66 valence electrons. The van der Waals surface area contributed by atoms with Crippen LogP contribution in [0.1, 0.15) is 6.92 Å². The Hall–Kier alpha value is -0.900. The van der Waals surface area contributed by atoms with Crippen molar-refractivity contribution in [3.63, 3.8) is 0 Å². The van der Waals surface area contributed by atoms with Gasteiger partial charge < -0.3 is 10.5 Å². The standard InChI is InChI=1S/C8H12N2OS/c1-3-11-8-6(9)4-5-7(10-8)12-2/h4-5H,3,9H2,1-2H3. The van der Waals surface area contributed by atoms with Gasteiger partial charge in [0.05, 0.1) is 17.3 Å². The molecule has 1 rings (SSSR count). The minimum Gasteiger partial charge on any atom is -0.476 e. The summed E-state index contributed by atoms with van der Waals surface area (Å²) in [5, 5.41) is 0.924. The van der Waals surface area contributed by atoms with Crippen molar-refractivity contribution >= 4 is 17.4 Å².